The van der Waals surface area contributed by atoms with Crippen LogP contribution in [0.25, 0.3) is 11.3 Å². The molecular formula is C14H15N3O. The van der Waals surface area contributed by atoms with Crippen molar-refractivity contribution in [3.05, 3.63) is 48.7 Å². The van der Waals surface area contributed by atoms with E-state index in [1.165, 1.54) is 11.6 Å². The molecule has 0 unspecified atom stereocenters. The number of carbonyl (C=O) groups excluding carboxylic acids is 1. The van der Waals surface area contributed by atoms with Gasteiger partial charge in [-0.2, -0.15) is 0 Å². The summed E-state index contributed by atoms with van der Waals surface area (Å²) in [7, 11) is 0. The smallest absolute Gasteiger partial charge is 0.250 e. The quantitative estimate of drug-likeness (QED) is 0.809. The number of hydrogen-bond donors (Lipinski definition) is 2. The first-order valence-corrected chi connectivity index (χ1v) is 5.81. The number of aryl methyl sites for hydroxylation is 1. The van der Waals surface area contributed by atoms with Gasteiger partial charge < -0.3 is 4.98 Å². The van der Waals surface area contributed by atoms with Gasteiger partial charge in [-0.05, 0) is 24.1 Å². The van der Waals surface area contributed by atoms with Crippen LogP contribution in [0.15, 0.2) is 43.1 Å². The van der Waals surface area contributed by atoms with Crippen molar-refractivity contribution in [3.63, 3.8) is 0 Å². The van der Waals surface area contributed by atoms with Gasteiger partial charge in [0.05, 0.1) is 5.69 Å². The van der Waals surface area contributed by atoms with Crippen molar-refractivity contribution >= 4 is 11.9 Å². The van der Waals surface area contributed by atoms with E-state index in [4.69, 9.17) is 0 Å². The third kappa shape index (κ3) is 2.66. The minimum Gasteiger partial charge on any atom is -0.330 e. The Morgan fingerprint density at radius 2 is 2.39 bits per heavy atom. The van der Waals surface area contributed by atoms with Crippen LogP contribution in [-0.2, 0) is 11.2 Å². The van der Waals surface area contributed by atoms with E-state index in [0.29, 0.717) is 5.95 Å². The first-order chi connectivity index (χ1) is 8.72. The predicted octanol–water partition coefficient (Wildman–Crippen LogP) is 2.76. The summed E-state index contributed by atoms with van der Waals surface area (Å²) in [6.45, 7) is 5.50. The SMILES string of the molecule is C=CC(=O)Nc1nc(-c2cccc(CC)c2)c[nH]1. The van der Waals surface area contributed by atoms with Gasteiger partial charge in [-0.25, -0.2) is 4.98 Å². The van der Waals surface area contributed by atoms with E-state index in [2.05, 4.69) is 40.9 Å². The lowest BCUT2D eigenvalue weighted by Crippen LogP contribution is -2.08. The maximum Gasteiger partial charge on any atom is 0.250 e. The van der Waals surface area contributed by atoms with Crippen molar-refractivity contribution in [2.75, 3.05) is 5.32 Å². The summed E-state index contributed by atoms with van der Waals surface area (Å²) in [6, 6.07) is 8.17. The maximum atomic E-state index is 11.1. The Morgan fingerprint density at radius 1 is 1.56 bits per heavy atom. The zero-order valence-electron chi connectivity index (χ0n) is 10.2. The molecule has 0 aliphatic heterocycles. The van der Waals surface area contributed by atoms with Crippen LogP contribution in [-0.4, -0.2) is 15.9 Å². The van der Waals surface area contributed by atoms with Gasteiger partial charge in [0, 0.05) is 11.8 Å². The molecule has 1 amide bonds. The number of rotatable bonds is 4. The number of nitrogens with one attached hydrogen (secondary N) is 2. The molecule has 0 spiro atoms. The Bertz CT molecular complexity index is 572. The molecule has 2 aromatic rings. The summed E-state index contributed by atoms with van der Waals surface area (Å²) in [4.78, 5) is 18.4. The number of aromatic nitrogens is 2. The lowest BCUT2D eigenvalue weighted by molar-refractivity contribution is -0.111. The van der Waals surface area contributed by atoms with Crippen molar-refractivity contribution in [3.8, 4) is 11.3 Å². The number of H-pyrrole nitrogens is 1. The molecule has 0 saturated carbocycles. The molecule has 0 bridgehead atoms. The van der Waals surface area contributed by atoms with E-state index in [-0.39, 0.29) is 5.91 Å². The van der Waals surface area contributed by atoms with Crippen molar-refractivity contribution in [1.29, 1.82) is 0 Å². The Hall–Kier alpha value is -2.36. The van der Waals surface area contributed by atoms with Crippen LogP contribution in [0.4, 0.5) is 5.95 Å². The van der Waals surface area contributed by atoms with Crippen LogP contribution in [0.1, 0.15) is 12.5 Å². The van der Waals surface area contributed by atoms with Crippen molar-refractivity contribution in [1.82, 2.24) is 9.97 Å². The summed E-state index contributed by atoms with van der Waals surface area (Å²) in [5.41, 5.74) is 3.10. The van der Waals surface area contributed by atoms with Crippen molar-refractivity contribution < 1.29 is 4.79 Å². The summed E-state index contributed by atoms with van der Waals surface area (Å²) in [6.07, 6.45) is 3.96. The monoisotopic (exact) mass is 241 g/mol. The Balaban J connectivity index is 2.23. The molecule has 0 radical (unpaired) electrons. The minimum absolute atomic E-state index is 0.279. The molecule has 2 N–H and O–H groups in total. The topological polar surface area (TPSA) is 57.8 Å². The molecule has 0 aliphatic rings. The Kier molecular flexibility index (Phi) is 3.57. The van der Waals surface area contributed by atoms with Gasteiger partial charge in [0.2, 0.25) is 11.9 Å². The molecule has 1 aromatic carbocycles. The number of hydrogen-bond acceptors (Lipinski definition) is 2. The van der Waals surface area contributed by atoms with Crippen molar-refractivity contribution in [2.24, 2.45) is 0 Å². The van der Waals surface area contributed by atoms with Gasteiger partial charge in [0.15, 0.2) is 0 Å². The van der Waals surface area contributed by atoms with Gasteiger partial charge in [0.25, 0.3) is 0 Å². The normalized spacial score (nSPS) is 10.1. The molecule has 18 heavy (non-hydrogen) atoms. The first-order valence-electron chi connectivity index (χ1n) is 5.81. The number of anilines is 1. The third-order valence-corrected chi connectivity index (χ3v) is 2.64. The average Bonchev–Trinajstić information content (AvgIpc) is 2.87. The molecule has 92 valence electrons. The maximum absolute atomic E-state index is 11.1. The largest absolute Gasteiger partial charge is 0.330 e. The fourth-order valence-corrected chi connectivity index (χ4v) is 1.65. The second-order valence-electron chi connectivity index (χ2n) is 3.88. The summed E-state index contributed by atoms with van der Waals surface area (Å²) in [5, 5.41) is 2.59. The zero-order chi connectivity index (χ0) is 13.0. The van der Waals surface area contributed by atoms with Gasteiger partial charge >= 0.3 is 0 Å². The van der Waals surface area contributed by atoms with E-state index in [9.17, 15) is 4.79 Å². The van der Waals surface area contributed by atoms with Gasteiger partial charge in [0.1, 0.15) is 0 Å². The van der Waals surface area contributed by atoms with E-state index in [1.54, 1.807) is 6.20 Å². The molecule has 0 aliphatic carbocycles. The van der Waals surface area contributed by atoms with Crippen LogP contribution in [0.2, 0.25) is 0 Å². The van der Waals surface area contributed by atoms with Gasteiger partial charge in [-0.3, -0.25) is 10.1 Å². The van der Waals surface area contributed by atoms with E-state index in [1.807, 2.05) is 12.1 Å². The number of benzene rings is 1. The van der Waals surface area contributed by atoms with E-state index in [0.717, 1.165) is 17.7 Å². The standard InChI is InChI=1S/C14H15N3O/c1-3-10-6-5-7-11(8-10)12-9-15-14(16-12)17-13(18)4-2/h4-9H,2-3H2,1H3,(H2,15,16,17,18). The molecule has 1 heterocycles. The van der Waals surface area contributed by atoms with Crippen LogP contribution < -0.4 is 5.32 Å². The van der Waals surface area contributed by atoms with Crippen molar-refractivity contribution in [2.45, 2.75) is 13.3 Å². The van der Waals surface area contributed by atoms with Crippen LogP contribution in [0, 0.1) is 0 Å². The fraction of sp³-hybridized carbons (Fsp3) is 0.143. The highest BCUT2D eigenvalue weighted by atomic mass is 16.1. The molecule has 0 saturated heterocycles. The summed E-state index contributed by atoms with van der Waals surface area (Å²) < 4.78 is 0. The van der Waals surface area contributed by atoms with Gasteiger partial charge in [-0.1, -0.05) is 31.7 Å². The minimum atomic E-state index is -0.279. The highest BCUT2D eigenvalue weighted by Crippen LogP contribution is 2.20. The first kappa shape index (κ1) is 12.1. The molecule has 4 nitrogen and oxygen atoms in total. The van der Waals surface area contributed by atoms with E-state index >= 15 is 0 Å². The number of aromatic amines is 1. The van der Waals surface area contributed by atoms with E-state index < -0.39 is 0 Å². The molecule has 4 heteroatoms. The molecule has 1 aromatic heterocycles. The summed E-state index contributed by atoms with van der Waals surface area (Å²) >= 11 is 0. The van der Waals surface area contributed by atoms with Crippen LogP contribution in [0.5, 0.6) is 0 Å². The molecule has 0 fully saturated rings. The van der Waals surface area contributed by atoms with Crippen LogP contribution in [0.3, 0.4) is 0 Å². The molecule has 0 atom stereocenters. The Labute approximate surface area is 106 Å². The predicted molar refractivity (Wildman–Crippen MR) is 72.2 cm³/mol. The number of carbonyl (C=O) groups is 1. The highest BCUT2D eigenvalue weighted by Gasteiger charge is 2.05. The molecular weight excluding hydrogens is 226 g/mol. The fourth-order valence-electron chi connectivity index (χ4n) is 1.65. The second-order valence-corrected chi connectivity index (χ2v) is 3.88. The van der Waals surface area contributed by atoms with Gasteiger partial charge in [-0.15, -0.1) is 0 Å². The number of imidazole rings is 1. The van der Waals surface area contributed by atoms with Crippen LogP contribution >= 0.6 is 0 Å². The third-order valence-electron chi connectivity index (χ3n) is 2.64. The zero-order valence-corrected chi connectivity index (χ0v) is 10.2. The Morgan fingerprint density at radius 3 is 3.11 bits per heavy atom. The average molecular weight is 241 g/mol. The summed E-state index contributed by atoms with van der Waals surface area (Å²) in [5.74, 6) is 0.148. The number of amides is 1. The second kappa shape index (κ2) is 5.31. The lowest BCUT2D eigenvalue weighted by Gasteiger charge is -2.00. The lowest BCUT2D eigenvalue weighted by atomic mass is 10.1. The number of nitrogens with zero attached hydrogens (tertiary/aromatic N) is 1. The molecule has 2 rings (SSSR count). The highest BCUT2D eigenvalue weighted by molar-refractivity contribution is 5.97.